The Kier molecular flexibility index (Phi) is 5.70. The van der Waals surface area contributed by atoms with Gasteiger partial charge >= 0.3 is 0 Å². The van der Waals surface area contributed by atoms with Crippen LogP contribution in [0.15, 0.2) is 59.5 Å². The molecular formula is C19H16N2O3S2. The molecule has 7 heteroatoms. The van der Waals surface area contributed by atoms with Crippen LogP contribution in [0.3, 0.4) is 0 Å². The SMILES string of the molecule is CCOc1ccc(/C=C2/SC(=S)N(NC(=O)c3ccccc3)C2=O)cc1. The Morgan fingerprint density at radius 3 is 2.54 bits per heavy atom. The molecule has 0 atom stereocenters. The lowest BCUT2D eigenvalue weighted by Crippen LogP contribution is -2.44. The Balaban J connectivity index is 1.73. The second-order valence-corrected chi connectivity index (χ2v) is 7.00. The largest absolute Gasteiger partial charge is 0.494 e. The molecule has 2 amide bonds. The number of hydrogen-bond acceptors (Lipinski definition) is 5. The van der Waals surface area contributed by atoms with Crippen LogP contribution in [0.5, 0.6) is 5.75 Å². The molecule has 2 aromatic carbocycles. The highest BCUT2D eigenvalue weighted by atomic mass is 32.2. The van der Waals surface area contributed by atoms with Crippen LogP contribution in [0.1, 0.15) is 22.8 Å². The van der Waals surface area contributed by atoms with Crippen molar-refractivity contribution in [3.63, 3.8) is 0 Å². The third kappa shape index (κ3) is 4.12. The van der Waals surface area contributed by atoms with Gasteiger partial charge < -0.3 is 4.74 Å². The number of benzene rings is 2. The zero-order valence-electron chi connectivity index (χ0n) is 14.0. The number of amides is 2. The maximum atomic E-state index is 12.6. The van der Waals surface area contributed by atoms with E-state index in [0.29, 0.717) is 17.1 Å². The van der Waals surface area contributed by atoms with Crippen LogP contribution in [-0.4, -0.2) is 27.8 Å². The quantitative estimate of drug-likeness (QED) is 0.630. The number of thiocarbonyl (C=S) groups is 1. The average molecular weight is 384 g/mol. The molecule has 1 N–H and O–H groups in total. The van der Waals surface area contributed by atoms with Crippen LogP contribution in [0.4, 0.5) is 0 Å². The topological polar surface area (TPSA) is 58.6 Å². The Morgan fingerprint density at radius 1 is 1.19 bits per heavy atom. The summed E-state index contributed by atoms with van der Waals surface area (Å²) in [4.78, 5) is 25.3. The lowest BCUT2D eigenvalue weighted by molar-refractivity contribution is -0.123. The van der Waals surface area contributed by atoms with Gasteiger partial charge in [0.15, 0.2) is 4.32 Å². The summed E-state index contributed by atoms with van der Waals surface area (Å²) < 4.78 is 5.69. The Hall–Kier alpha value is -2.64. The van der Waals surface area contributed by atoms with E-state index in [9.17, 15) is 9.59 Å². The van der Waals surface area contributed by atoms with Crippen LogP contribution in [0.2, 0.25) is 0 Å². The summed E-state index contributed by atoms with van der Waals surface area (Å²) in [5.41, 5.74) is 3.86. The van der Waals surface area contributed by atoms with Gasteiger partial charge in [-0.05, 0) is 55.0 Å². The van der Waals surface area contributed by atoms with Crippen LogP contribution in [-0.2, 0) is 4.79 Å². The summed E-state index contributed by atoms with van der Waals surface area (Å²) in [6.45, 7) is 2.52. The number of hydrazine groups is 1. The van der Waals surface area contributed by atoms with Crippen molar-refractivity contribution < 1.29 is 14.3 Å². The molecule has 3 rings (SSSR count). The van der Waals surface area contributed by atoms with Gasteiger partial charge in [-0.1, -0.05) is 42.1 Å². The van der Waals surface area contributed by atoms with Gasteiger partial charge in [0.1, 0.15) is 5.75 Å². The number of thioether (sulfide) groups is 1. The van der Waals surface area contributed by atoms with Gasteiger partial charge in [-0.3, -0.25) is 15.0 Å². The third-order valence-electron chi connectivity index (χ3n) is 3.53. The molecule has 26 heavy (non-hydrogen) atoms. The number of ether oxygens (including phenoxy) is 1. The van der Waals surface area contributed by atoms with Crippen LogP contribution in [0.25, 0.3) is 6.08 Å². The fourth-order valence-electron chi connectivity index (χ4n) is 2.30. The van der Waals surface area contributed by atoms with Crippen molar-refractivity contribution in [2.45, 2.75) is 6.92 Å². The lowest BCUT2D eigenvalue weighted by atomic mass is 10.2. The summed E-state index contributed by atoms with van der Waals surface area (Å²) >= 11 is 6.38. The first-order valence-corrected chi connectivity index (χ1v) is 9.18. The highest BCUT2D eigenvalue weighted by Gasteiger charge is 2.33. The average Bonchev–Trinajstić information content (AvgIpc) is 2.91. The second-order valence-electron chi connectivity index (χ2n) is 5.33. The minimum Gasteiger partial charge on any atom is -0.494 e. The number of nitrogens with zero attached hydrogens (tertiary/aromatic N) is 1. The molecule has 0 bridgehead atoms. The Bertz CT molecular complexity index is 864. The summed E-state index contributed by atoms with van der Waals surface area (Å²) in [6.07, 6.45) is 1.74. The zero-order chi connectivity index (χ0) is 18.5. The fraction of sp³-hybridized carbons (Fsp3) is 0.105. The molecule has 0 radical (unpaired) electrons. The third-order valence-corrected chi connectivity index (χ3v) is 4.83. The summed E-state index contributed by atoms with van der Waals surface area (Å²) in [6, 6.07) is 16.1. The molecule has 1 saturated heterocycles. The summed E-state index contributed by atoms with van der Waals surface area (Å²) in [7, 11) is 0. The van der Waals surface area contributed by atoms with Crippen molar-refractivity contribution in [2.24, 2.45) is 0 Å². The molecule has 0 aliphatic carbocycles. The fourth-order valence-corrected chi connectivity index (χ4v) is 3.48. The van der Waals surface area contributed by atoms with Gasteiger partial charge in [-0.15, -0.1) is 0 Å². The summed E-state index contributed by atoms with van der Waals surface area (Å²) in [5, 5.41) is 1.11. The second kappa shape index (κ2) is 8.16. The minimum absolute atomic E-state index is 0.288. The van der Waals surface area contributed by atoms with Gasteiger partial charge in [-0.2, -0.15) is 5.01 Å². The Morgan fingerprint density at radius 2 is 1.88 bits per heavy atom. The van der Waals surface area contributed by atoms with Gasteiger partial charge in [0.25, 0.3) is 11.8 Å². The molecule has 2 aromatic rings. The monoisotopic (exact) mass is 384 g/mol. The molecule has 1 aliphatic rings. The molecule has 132 valence electrons. The first-order valence-electron chi connectivity index (χ1n) is 7.95. The summed E-state index contributed by atoms with van der Waals surface area (Å²) in [5.74, 6) is 0.0368. The van der Waals surface area contributed by atoms with E-state index in [4.69, 9.17) is 17.0 Å². The van der Waals surface area contributed by atoms with E-state index < -0.39 is 0 Å². The molecule has 0 unspecified atom stereocenters. The van der Waals surface area contributed by atoms with Crippen molar-refractivity contribution in [3.05, 3.63) is 70.6 Å². The van der Waals surface area contributed by atoms with Crippen molar-refractivity contribution >= 4 is 46.2 Å². The van der Waals surface area contributed by atoms with Crippen molar-refractivity contribution in [1.82, 2.24) is 10.4 Å². The molecule has 5 nitrogen and oxygen atoms in total. The van der Waals surface area contributed by atoms with E-state index in [-0.39, 0.29) is 16.1 Å². The van der Waals surface area contributed by atoms with Crippen molar-refractivity contribution in [1.29, 1.82) is 0 Å². The highest BCUT2D eigenvalue weighted by molar-refractivity contribution is 8.26. The first kappa shape index (κ1) is 18.2. The maximum Gasteiger partial charge on any atom is 0.285 e. The van der Waals surface area contributed by atoms with E-state index in [1.807, 2.05) is 37.3 Å². The minimum atomic E-state index is -0.385. The van der Waals surface area contributed by atoms with Gasteiger partial charge in [0.2, 0.25) is 0 Å². The predicted molar refractivity (Wildman–Crippen MR) is 107 cm³/mol. The molecule has 1 fully saturated rings. The molecule has 0 aromatic heterocycles. The first-order chi connectivity index (χ1) is 12.6. The van der Waals surface area contributed by atoms with E-state index >= 15 is 0 Å². The molecule has 0 spiro atoms. The van der Waals surface area contributed by atoms with Crippen molar-refractivity contribution in [2.75, 3.05) is 6.61 Å². The van der Waals surface area contributed by atoms with E-state index in [1.165, 1.54) is 0 Å². The van der Waals surface area contributed by atoms with E-state index in [1.54, 1.807) is 30.3 Å². The molecule has 1 heterocycles. The van der Waals surface area contributed by atoms with Crippen molar-refractivity contribution in [3.8, 4) is 5.75 Å². The lowest BCUT2D eigenvalue weighted by Gasteiger charge is -2.15. The normalized spacial score (nSPS) is 15.4. The number of carbonyl (C=O) groups excluding carboxylic acids is 2. The highest BCUT2D eigenvalue weighted by Crippen LogP contribution is 2.31. The standard InChI is InChI=1S/C19H16N2O3S2/c1-2-24-15-10-8-13(9-11-15)12-16-18(23)21(19(25)26-16)20-17(22)14-6-4-3-5-7-14/h3-12H,2H2,1H3,(H,20,22)/b16-12+. The number of rotatable bonds is 5. The maximum absolute atomic E-state index is 12.6. The predicted octanol–water partition coefficient (Wildman–Crippen LogP) is 3.63. The zero-order valence-corrected chi connectivity index (χ0v) is 15.6. The van der Waals surface area contributed by atoms with Gasteiger partial charge in [0, 0.05) is 5.56 Å². The van der Waals surface area contributed by atoms with Crippen LogP contribution in [0, 0.1) is 0 Å². The number of carbonyl (C=O) groups is 2. The molecular weight excluding hydrogens is 368 g/mol. The van der Waals surface area contributed by atoms with Gasteiger partial charge in [-0.25, -0.2) is 0 Å². The van der Waals surface area contributed by atoms with Crippen LogP contribution < -0.4 is 10.2 Å². The number of nitrogens with one attached hydrogen (secondary N) is 1. The smallest absolute Gasteiger partial charge is 0.285 e. The Labute approximate surface area is 161 Å². The van der Waals surface area contributed by atoms with E-state index in [0.717, 1.165) is 28.1 Å². The molecule has 0 saturated carbocycles. The van der Waals surface area contributed by atoms with Crippen LogP contribution >= 0.6 is 24.0 Å². The van der Waals surface area contributed by atoms with E-state index in [2.05, 4.69) is 5.43 Å². The number of hydrogen-bond donors (Lipinski definition) is 1. The molecule has 1 aliphatic heterocycles. The van der Waals surface area contributed by atoms with Gasteiger partial charge in [0.05, 0.1) is 11.5 Å².